The number of hydrogen-bond donors (Lipinski definition) is 2. The average molecular weight is 510 g/mol. The number of benzene rings is 4. The van der Waals surface area contributed by atoms with E-state index < -0.39 is 0 Å². The van der Waals surface area contributed by atoms with Crippen molar-refractivity contribution < 1.29 is 19.1 Å². The van der Waals surface area contributed by atoms with Crippen molar-refractivity contribution in [1.29, 1.82) is 0 Å². The molecule has 7 nitrogen and oxygen atoms in total. The predicted molar refractivity (Wildman–Crippen MR) is 151 cm³/mol. The topological polar surface area (TPSA) is 89.0 Å². The Hall–Kier alpha value is -4.65. The highest BCUT2D eigenvalue weighted by atomic mass is 16.5. The fourth-order valence-corrected chi connectivity index (χ4v) is 3.95. The lowest BCUT2D eigenvalue weighted by Gasteiger charge is -2.13. The summed E-state index contributed by atoms with van der Waals surface area (Å²) in [6.45, 7) is 4.71. The van der Waals surface area contributed by atoms with Crippen LogP contribution in [0.2, 0.25) is 0 Å². The number of carbonyl (C=O) groups is 2. The molecule has 0 unspecified atom stereocenters. The minimum Gasteiger partial charge on any atom is -0.490 e. The second kappa shape index (κ2) is 13.1. The second-order valence-corrected chi connectivity index (χ2v) is 8.72. The molecule has 7 heteroatoms. The molecule has 4 aromatic carbocycles. The Bertz CT molecular complexity index is 1440. The maximum absolute atomic E-state index is 12.1. The molecular weight excluding hydrogens is 478 g/mol. The van der Waals surface area contributed by atoms with Gasteiger partial charge in [-0.25, -0.2) is 5.43 Å². The van der Waals surface area contributed by atoms with Gasteiger partial charge in [-0.2, -0.15) is 5.10 Å². The third-order valence-corrected chi connectivity index (χ3v) is 5.93. The highest BCUT2D eigenvalue weighted by Crippen LogP contribution is 2.30. The lowest BCUT2D eigenvalue weighted by molar-refractivity contribution is -0.124. The van der Waals surface area contributed by atoms with E-state index >= 15 is 0 Å². The Morgan fingerprint density at radius 1 is 0.842 bits per heavy atom. The largest absolute Gasteiger partial charge is 0.490 e. The van der Waals surface area contributed by atoms with Crippen molar-refractivity contribution in [3.05, 3.63) is 102 Å². The van der Waals surface area contributed by atoms with Crippen molar-refractivity contribution in [3.63, 3.8) is 0 Å². The van der Waals surface area contributed by atoms with Crippen LogP contribution in [-0.2, 0) is 16.2 Å². The van der Waals surface area contributed by atoms with Gasteiger partial charge in [0.25, 0.3) is 0 Å². The standard InChI is InChI=1S/C31H31N3O4/c1-3-37-29-19-23(15-16-28(29)38-21-25-12-8-11-24-10-5-6-13-26(24)25)20-32-34-31(36)18-17-30(35)33-27-14-7-4-9-22(27)2/h4-16,19-20H,3,17-18,21H2,1-2H3,(H,33,35)(H,34,36). The Morgan fingerprint density at radius 2 is 1.61 bits per heavy atom. The first kappa shape index (κ1) is 26.4. The smallest absolute Gasteiger partial charge is 0.240 e. The molecule has 2 amide bonds. The van der Waals surface area contributed by atoms with Gasteiger partial charge < -0.3 is 14.8 Å². The molecule has 4 aromatic rings. The fourth-order valence-electron chi connectivity index (χ4n) is 3.95. The zero-order valence-electron chi connectivity index (χ0n) is 21.6. The lowest BCUT2D eigenvalue weighted by Crippen LogP contribution is -2.20. The number of aryl methyl sites for hydroxylation is 1. The summed E-state index contributed by atoms with van der Waals surface area (Å²) in [6.07, 6.45) is 1.62. The van der Waals surface area contributed by atoms with E-state index in [0.717, 1.165) is 27.8 Å². The van der Waals surface area contributed by atoms with Crippen LogP contribution in [0.4, 0.5) is 5.69 Å². The molecule has 0 heterocycles. The number of ether oxygens (including phenoxy) is 2. The van der Waals surface area contributed by atoms with Gasteiger partial charge in [0.15, 0.2) is 11.5 Å². The summed E-state index contributed by atoms with van der Waals surface area (Å²) in [6, 6.07) is 27.3. The molecule has 0 spiro atoms. The monoisotopic (exact) mass is 509 g/mol. The quantitative estimate of drug-likeness (QED) is 0.192. The average Bonchev–Trinajstić information content (AvgIpc) is 2.93. The Morgan fingerprint density at radius 3 is 2.45 bits per heavy atom. The SMILES string of the molecule is CCOc1cc(C=NNC(=O)CCC(=O)Nc2ccccc2C)ccc1OCc1cccc2ccccc12. The lowest BCUT2D eigenvalue weighted by atomic mass is 10.1. The molecule has 0 atom stereocenters. The number of para-hydroxylation sites is 1. The molecule has 2 N–H and O–H groups in total. The van der Waals surface area contributed by atoms with E-state index in [2.05, 4.69) is 40.1 Å². The number of rotatable bonds is 11. The highest BCUT2D eigenvalue weighted by Gasteiger charge is 2.10. The molecule has 0 aromatic heterocycles. The Labute approximate surface area is 222 Å². The van der Waals surface area contributed by atoms with Crippen LogP contribution in [0, 0.1) is 6.92 Å². The van der Waals surface area contributed by atoms with E-state index in [0.29, 0.717) is 24.7 Å². The van der Waals surface area contributed by atoms with Gasteiger partial charge in [0, 0.05) is 18.5 Å². The summed E-state index contributed by atoms with van der Waals surface area (Å²) < 4.78 is 11.9. The molecule has 0 saturated heterocycles. The maximum atomic E-state index is 12.1. The van der Waals surface area contributed by atoms with E-state index in [1.54, 1.807) is 0 Å². The summed E-state index contributed by atoms with van der Waals surface area (Å²) >= 11 is 0. The number of fused-ring (bicyclic) bond motifs is 1. The molecule has 38 heavy (non-hydrogen) atoms. The van der Waals surface area contributed by atoms with Crippen molar-refractivity contribution in [3.8, 4) is 11.5 Å². The van der Waals surface area contributed by atoms with Crippen LogP contribution in [0.15, 0.2) is 90.0 Å². The first-order valence-electron chi connectivity index (χ1n) is 12.6. The molecule has 0 aliphatic heterocycles. The molecule has 0 radical (unpaired) electrons. The summed E-state index contributed by atoms with van der Waals surface area (Å²) in [5.41, 5.74) is 6.00. The minimum atomic E-state index is -0.346. The number of anilines is 1. The Balaban J connectivity index is 1.31. The fraction of sp³-hybridized carbons (Fsp3) is 0.194. The van der Waals surface area contributed by atoms with Crippen LogP contribution in [0.5, 0.6) is 11.5 Å². The summed E-state index contributed by atoms with van der Waals surface area (Å²) in [5.74, 6) is 0.650. The maximum Gasteiger partial charge on any atom is 0.240 e. The number of hydrogen-bond acceptors (Lipinski definition) is 5. The van der Waals surface area contributed by atoms with Crippen molar-refractivity contribution in [2.24, 2.45) is 5.10 Å². The van der Waals surface area contributed by atoms with E-state index in [-0.39, 0.29) is 24.7 Å². The first-order chi connectivity index (χ1) is 18.5. The summed E-state index contributed by atoms with van der Waals surface area (Å²) in [5, 5.41) is 9.16. The van der Waals surface area contributed by atoms with Crippen LogP contribution < -0.4 is 20.2 Å². The van der Waals surface area contributed by atoms with Gasteiger partial charge in [0.05, 0.1) is 12.8 Å². The van der Waals surface area contributed by atoms with Crippen LogP contribution in [0.3, 0.4) is 0 Å². The van der Waals surface area contributed by atoms with Crippen LogP contribution in [-0.4, -0.2) is 24.6 Å². The molecule has 0 fully saturated rings. The van der Waals surface area contributed by atoms with Crippen molar-refractivity contribution in [1.82, 2.24) is 5.43 Å². The van der Waals surface area contributed by atoms with Crippen LogP contribution in [0.25, 0.3) is 10.8 Å². The number of hydrazone groups is 1. The predicted octanol–water partition coefficient (Wildman–Crippen LogP) is 5.99. The Kier molecular flexibility index (Phi) is 9.07. The molecular formula is C31H31N3O4. The van der Waals surface area contributed by atoms with Gasteiger partial charge in [-0.05, 0) is 65.6 Å². The molecule has 4 rings (SSSR count). The molecule has 194 valence electrons. The zero-order valence-corrected chi connectivity index (χ0v) is 21.6. The third kappa shape index (κ3) is 7.20. The van der Waals surface area contributed by atoms with Crippen LogP contribution >= 0.6 is 0 Å². The second-order valence-electron chi connectivity index (χ2n) is 8.72. The number of nitrogens with one attached hydrogen (secondary N) is 2. The third-order valence-electron chi connectivity index (χ3n) is 5.93. The molecule has 0 aliphatic rings. The van der Waals surface area contributed by atoms with Gasteiger partial charge >= 0.3 is 0 Å². The molecule has 0 bridgehead atoms. The van der Waals surface area contributed by atoms with Crippen LogP contribution in [0.1, 0.15) is 36.5 Å². The number of nitrogens with zero attached hydrogens (tertiary/aromatic N) is 1. The van der Waals surface area contributed by atoms with Crippen molar-refractivity contribution in [2.75, 3.05) is 11.9 Å². The van der Waals surface area contributed by atoms with E-state index in [1.165, 1.54) is 11.6 Å². The van der Waals surface area contributed by atoms with Gasteiger partial charge in [-0.1, -0.05) is 60.7 Å². The van der Waals surface area contributed by atoms with Gasteiger partial charge in [-0.3, -0.25) is 9.59 Å². The van der Waals surface area contributed by atoms with Crippen molar-refractivity contribution in [2.45, 2.75) is 33.3 Å². The summed E-state index contributed by atoms with van der Waals surface area (Å²) in [4.78, 5) is 24.3. The minimum absolute atomic E-state index is 0.0280. The van der Waals surface area contributed by atoms with E-state index in [4.69, 9.17) is 9.47 Å². The van der Waals surface area contributed by atoms with Gasteiger partial charge in [0.2, 0.25) is 11.8 Å². The summed E-state index contributed by atoms with van der Waals surface area (Å²) in [7, 11) is 0. The van der Waals surface area contributed by atoms with Crippen molar-refractivity contribution >= 4 is 34.5 Å². The van der Waals surface area contributed by atoms with Gasteiger partial charge in [-0.15, -0.1) is 0 Å². The normalized spacial score (nSPS) is 10.9. The number of amides is 2. The number of carbonyl (C=O) groups excluding carboxylic acids is 2. The van der Waals surface area contributed by atoms with E-state index in [1.807, 2.05) is 74.5 Å². The van der Waals surface area contributed by atoms with E-state index in [9.17, 15) is 9.59 Å². The molecule has 0 aliphatic carbocycles. The molecule has 0 saturated carbocycles. The highest BCUT2D eigenvalue weighted by molar-refractivity contribution is 5.94. The first-order valence-corrected chi connectivity index (χ1v) is 12.6. The zero-order chi connectivity index (χ0) is 26.7. The van der Waals surface area contributed by atoms with Gasteiger partial charge in [0.1, 0.15) is 6.61 Å².